The summed E-state index contributed by atoms with van der Waals surface area (Å²) < 4.78 is 6.14. The molecule has 4 rings (SSSR count). The summed E-state index contributed by atoms with van der Waals surface area (Å²) in [5.74, 6) is -0.452. The molecule has 0 bridgehead atoms. The highest BCUT2D eigenvalue weighted by molar-refractivity contribution is 8.01. The molecule has 1 saturated heterocycles. The Hall–Kier alpha value is -2.30. The highest BCUT2D eigenvalue weighted by Crippen LogP contribution is 2.41. The summed E-state index contributed by atoms with van der Waals surface area (Å²) in [4.78, 5) is 42.6. The topological polar surface area (TPSA) is 96.8 Å². The van der Waals surface area contributed by atoms with Crippen LogP contribution in [0.15, 0.2) is 45.9 Å². The summed E-state index contributed by atoms with van der Waals surface area (Å²) in [6.45, 7) is 2.19. The van der Waals surface area contributed by atoms with Gasteiger partial charge in [0.1, 0.15) is 5.70 Å². The molecular weight excluding hydrogens is 468 g/mol. The van der Waals surface area contributed by atoms with Gasteiger partial charge in [-0.3, -0.25) is 14.5 Å². The summed E-state index contributed by atoms with van der Waals surface area (Å²) in [5, 5.41) is 9.55. The first kappa shape index (κ1) is 22.9. The highest BCUT2D eigenvalue weighted by Gasteiger charge is 2.45. The van der Waals surface area contributed by atoms with Crippen LogP contribution in [0.5, 0.6) is 0 Å². The van der Waals surface area contributed by atoms with Crippen molar-refractivity contribution in [2.45, 2.75) is 35.9 Å². The number of benzene rings is 1. The van der Waals surface area contributed by atoms with Gasteiger partial charge in [0.2, 0.25) is 5.91 Å². The zero-order valence-electron chi connectivity index (χ0n) is 17.4. The number of carboxylic acid groups (broad SMARTS) is 1. The number of carbonyl (C=O) groups is 3. The van der Waals surface area contributed by atoms with Crippen molar-refractivity contribution in [2.75, 3.05) is 18.1 Å². The van der Waals surface area contributed by atoms with Gasteiger partial charge >= 0.3 is 11.9 Å². The lowest BCUT2D eigenvalue weighted by Crippen LogP contribution is -2.54. The van der Waals surface area contributed by atoms with Crippen molar-refractivity contribution in [3.05, 3.63) is 57.7 Å². The zero-order chi connectivity index (χ0) is 22.7. The normalized spacial score (nSPS) is 17.7. The summed E-state index contributed by atoms with van der Waals surface area (Å²) in [6.07, 6.45) is 1.24. The van der Waals surface area contributed by atoms with E-state index in [4.69, 9.17) is 4.74 Å². The second-order valence-corrected chi connectivity index (χ2v) is 10.9. The van der Waals surface area contributed by atoms with E-state index in [-0.39, 0.29) is 29.4 Å². The molecule has 2 aromatic rings. The van der Waals surface area contributed by atoms with Crippen LogP contribution < -0.4 is 0 Å². The molecule has 1 fully saturated rings. The number of rotatable bonds is 9. The number of aryl methyl sites for hydroxylation is 1. The third-order valence-electron chi connectivity index (χ3n) is 5.18. The van der Waals surface area contributed by atoms with Crippen molar-refractivity contribution >= 4 is 52.7 Å². The second-order valence-electron chi connectivity index (χ2n) is 7.40. The summed E-state index contributed by atoms with van der Waals surface area (Å²) in [5.41, 5.74) is 2.75. The van der Waals surface area contributed by atoms with Crippen LogP contribution in [-0.2, 0) is 32.0 Å². The average molecular weight is 491 g/mol. The molecule has 0 radical (unpaired) electrons. The molecule has 0 aliphatic carbocycles. The lowest BCUT2D eigenvalue weighted by molar-refractivity contribution is -0.146. The predicted octanol–water partition coefficient (Wildman–Crippen LogP) is 3.52. The van der Waals surface area contributed by atoms with Gasteiger partial charge in [0.15, 0.2) is 4.34 Å². The lowest BCUT2D eigenvalue weighted by atomic mass is 10.1. The van der Waals surface area contributed by atoms with E-state index in [9.17, 15) is 19.5 Å². The molecule has 32 heavy (non-hydrogen) atoms. The third kappa shape index (κ3) is 5.19. The zero-order valence-corrected chi connectivity index (χ0v) is 19.9. The monoisotopic (exact) mass is 490 g/mol. The predicted molar refractivity (Wildman–Crippen MR) is 125 cm³/mol. The van der Waals surface area contributed by atoms with Gasteiger partial charge < -0.3 is 9.84 Å². The molecule has 2 aliphatic rings. The van der Waals surface area contributed by atoms with Crippen molar-refractivity contribution in [1.82, 2.24) is 9.88 Å². The number of fused-ring (bicyclic) bond motifs is 1. The largest absolute Gasteiger partial charge is 0.477 e. The number of nitrogens with zero attached hydrogens (tertiary/aromatic N) is 2. The fraction of sp³-hybridized carbons (Fsp3) is 0.364. The molecule has 0 unspecified atom stereocenters. The van der Waals surface area contributed by atoms with Gasteiger partial charge in [0, 0.05) is 22.8 Å². The third-order valence-corrected chi connectivity index (χ3v) is 8.84. The maximum Gasteiger partial charge on any atom is 0.352 e. The van der Waals surface area contributed by atoms with Crippen LogP contribution in [0.4, 0.5) is 0 Å². The molecule has 7 nitrogen and oxygen atoms in total. The Morgan fingerprint density at radius 1 is 1.31 bits per heavy atom. The number of amides is 1. The van der Waals surface area contributed by atoms with Crippen LogP contribution in [-0.4, -0.2) is 56.3 Å². The SMILES string of the molecule is Cc1nc(SCC2=C(C(=O)O)N3C(=O)C[C@@H]3SC2)sc1CC(=O)OCCc1ccccc1. The number of aliphatic carboxylic acids is 1. The minimum Gasteiger partial charge on any atom is -0.477 e. The lowest BCUT2D eigenvalue weighted by Gasteiger charge is -2.43. The van der Waals surface area contributed by atoms with E-state index in [2.05, 4.69) is 4.98 Å². The van der Waals surface area contributed by atoms with E-state index in [0.717, 1.165) is 26.0 Å². The molecule has 168 valence electrons. The van der Waals surface area contributed by atoms with Crippen LogP contribution in [0.2, 0.25) is 0 Å². The number of thiazole rings is 1. The Labute approximate surface area is 198 Å². The Morgan fingerprint density at radius 2 is 2.09 bits per heavy atom. The van der Waals surface area contributed by atoms with E-state index < -0.39 is 5.97 Å². The maximum absolute atomic E-state index is 12.2. The number of esters is 1. The number of carboxylic acids is 1. The van der Waals surface area contributed by atoms with Crippen LogP contribution >= 0.6 is 34.9 Å². The number of hydrogen-bond acceptors (Lipinski definition) is 8. The smallest absolute Gasteiger partial charge is 0.352 e. The molecule has 1 aromatic carbocycles. The minimum absolute atomic E-state index is 0.0519. The van der Waals surface area contributed by atoms with E-state index in [0.29, 0.717) is 31.0 Å². The molecule has 1 N–H and O–H groups in total. The van der Waals surface area contributed by atoms with E-state index in [1.54, 1.807) is 11.8 Å². The standard InChI is InChI=1S/C22H22N2O5S3/c1-13-16(9-19(26)29-8-7-14-5-3-2-4-6-14)32-22(23-13)31-12-15-11-30-18-10-17(25)24(18)20(15)21(27)28/h2-6,18H,7-12H2,1H3,(H,27,28)/t18-/m0/s1. The Bertz CT molecular complexity index is 1070. The fourth-order valence-corrected chi connectivity index (χ4v) is 7.10. The first-order valence-corrected chi connectivity index (χ1v) is 12.9. The fourth-order valence-electron chi connectivity index (χ4n) is 3.47. The molecule has 1 amide bonds. The summed E-state index contributed by atoms with van der Waals surface area (Å²) in [6, 6.07) is 9.86. The molecule has 3 heterocycles. The Morgan fingerprint density at radius 3 is 2.81 bits per heavy atom. The average Bonchev–Trinajstić information content (AvgIpc) is 3.11. The van der Waals surface area contributed by atoms with Gasteiger partial charge in [-0.25, -0.2) is 9.78 Å². The number of carbonyl (C=O) groups excluding carboxylic acids is 2. The van der Waals surface area contributed by atoms with Crippen LogP contribution in [0, 0.1) is 6.92 Å². The molecule has 10 heteroatoms. The van der Waals surface area contributed by atoms with E-state index in [1.165, 1.54) is 28.0 Å². The van der Waals surface area contributed by atoms with Crippen molar-refractivity contribution < 1.29 is 24.2 Å². The number of thioether (sulfide) groups is 2. The number of hydrogen-bond donors (Lipinski definition) is 1. The highest BCUT2D eigenvalue weighted by atomic mass is 32.2. The van der Waals surface area contributed by atoms with Crippen LogP contribution in [0.25, 0.3) is 0 Å². The van der Waals surface area contributed by atoms with Gasteiger partial charge in [-0.15, -0.1) is 23.1 Å². The van der Waals surface area contributed by atoms with Crippen molar-refractivity contribution in [1.29, 1.82) is 0 Å². The van der Waals surface area contributed by atoms with Crippen LogP contribution in [0.3, 0.4) is 0 Å². The number of aromatic nitrogens is 1. The van der Waals surface area contributed by atoms with E-state index in [1.807, 2.05) is 37.3 Å². The Kier molecular flexibility index (Phi) is 7.22. The van der Waals surface area contributed by atoms with Crippen LogP contribution in [0.1, 0.15) is 22.6 Å². The second kappa shape index (κ2) is 10.1. The molecule has 0 spiro atoms. The Balaban J connectivity index is 1.32. The molecule has 2 aliphatic heterocycles. The maximum atomic E-state index is 12.2. The minimum atomic E-state index is -1.06. The van der Waals surface area contributed by atoms with Gasteiger partial charge in [0.05, 0.1) is 30.5 Å². The quantitative estimate of drug-likeness (QED) is 0.324. The first-order valence-electron chi connectivity index (χ1n) is 10.1. The molecule has 1 aromatic heterocycles. The van der Waals surface area contributed by atoms with Crippen molar-refractivity contribution in [2.24, 2.45) is 0 Å². The molecule has 1 atom stereocenters. The summed E-state index contributed by atoms with van der Waals surface area (Å²) >= 11 is 4.46. The van der Waals surface area contributed by atoms with Crippen molar-refractivity contribution in [3.8, 4) is 0 Å². The number of β-lactam (4-membered cyclic amide) rings is 1. The van der Waals surface area contributed by atoms with E-state index >= 15 is 0 Å². The number of ether oxygens (including phenoxy) is 1. The van der Waals surface area contributed by atoms with Gasteiger partial charge in [-0.1, -0.05) is 42.1 Å². The molecule has 0 saturated carbocycles. The van der Waals surface area contributed by atoms with Crippen molar-refractivity contribution in [3.63, 3.8) is 0 Å². The van der Waals surface area contributed by atoms with Gasteiger partial charge in [0.25, 0.3) is 0 Å². The van der Waals surface area contributed by atoms with Gasteiger partial charge in [-0.2, -0.15) is 0 Å². The summed E-state index contributed by atoms with van der Waals surface area (Å²) in [7, 11) is 0. The van der Waals surface area contributed by atoms with Gasteiger partial charge in [-0.05, 0) is 18.1 Å². The molecular formula is C22H22N2O5S3. The first-order chi connectivity index (χ1) is 15.4.